The molecule has 33 heavy (non-hydrogen) atoms. The van der Waals surface area contributed by atoms with E-state index >= 15 is 0 Å². The quantitative estimate of drug-likeness (QED) is 0.320. The summed E-state index contributed by atoms with van der Waals surface area (Å²) in [5.74, 6) is -0.575. The molecule has 1 heterocycles. The van der Waals surface area contributed by atoms with E-state index in [0.29, 0.717) is 5.56 Å². The molecule has 10 nitrogen and oxygen atoms in total. The highest BCUT2D eigenvalue weighted by Gasteiger charge is 2.22. The van der Waals surface area contributed by atoms with Crippen LogP contribution < -0.4 is 20.5 Å². The van der Waals surface area contributed by atoms with Crippen molar-refractivity contribution < 1.29 is 19.2 Å². The zero-order valence-corrected chi connectivity index (χ0v) is 18.3. The van der Waals surface area contributed by atoms with Gasteiger partial charge in [-0.2, -0.15) is 5.10 Å². The van der Waals surface area contributed by atoms with Gasteiger partial charge in [0.05, 0.1) is 18.2 Å². The molecule has 0 unspecified atom stereocenters. The first-order valence-corrected chi connectivity index (χ1v) is 9.84. The third-order valence-electron chi connectivity index (χ3n) is 4.86. The Balaban J connectivity index is 1.83. The van der Waals surface area contributed by atoms with Crippen molar-refractivity contribution >= 4 is 17.8 Å². The van der Waals surface area contributed by atoms with E-state index in [-0.39, 0.29) is 29.4 Å². The first-order valence-electron chi connectivity index (χ1n) is 9.84. The second-order valence-corrected chi connectivity index (χ2v) is 7.08. The Labute approximate surface area is 189 Å². The highest BCUT2D eigenvalue weighted by Crippen LogP contribution is 2.38. The number of methoxy groups -OCH3 is 1. The number of carbonyl (C=O) groups excluding carboxylic acids is 1. The van der Waals surface area contributed by atoms with E-state index < -0.39 is 16.4 Å². The van der Waals surface area contributed by atoms with Gasteiger partial charge < -0.3 is 14.0 Å². The lowest BCUT2D eigenvalue weighted by Crippen LogP contribution is -2.29. The summed E-state index contributed by atoms with van der Waals surface area (Å²) in [7, 11) is 2.89. The number of amides is 1. The molecule has 10 heteroatoms. The highest BCUT2D eigenvalue weighted by atomic mass is 16.6. The molecule has 0 aliphatic rings. The number of hydrogen-bond acceptors (Lipinski definition) is 7. The maximum Gasteiger partial charge on any atom is 0.315 e. The van der Waals surface area contributed by atoms with Crippen LogP contribution in [0.1, 0.15) is 27.0 Å². The molecule has 0 radical (unpaired) electrons. The zero-order chi connectivity index (χ0) is 24.0. The maximum atomic E-state index is 12.2. The van der Waals surface area contributed by atoms with E-state index in [0.717, 1.165) is 11.1 Å². The van der Waals surface area contributed by atoms with Crippen LogP contribution in [0.25, 0.3) is 0 Å². The SMILES string of the molecule is COc1cc(/C=N\NC(=O)c2cccn(C)c2=O)cc([N+](=O)[O-])c1OCc1ccccc1C. The Morgan fingerprint density at radius 1 is 1.24 bits per heavy atom. The number of pyridine rings is 1. The molecule has 0 saturated heterocycles. The molecule has 1 aromatic heterocycles. The third kappa shape index (κ3) is 5.42. The molecule has 1 amide bonds. The van der Waals surface area contributed by atoms with Crippen molar-refractivity contribution in [2.75, 3.05) is 7.11 Å². The van der Waals surface area contributed by atoms with Crippen LogP contribution in [-0.4, -0.2) is 28.7 Å². The number of aromatic nitrogens is 1. The number of rotatable bonds is 8. The van der Waals surface area contributed by atoms with Crippen LogP contribution in [-0.2, 0) is 13.7 Å². The van der Waals surface area contributed by atoms with E-state index in [4.69, 9.17) is 9.47 Å². The summed E-state index contributed by atoms with van der Waals surface area (Å²) < 4.78 is 12.3. The number of aryl methyl sites for hydroxylation is 2. The van der Waals surface area contributed by atoms with Gasteiger partial charge in [0.15, 0.2) is 5.75 Å². The van der Waals surface area contributed by atoms with E-state index in [9.17, 15) is 19.7 Å². The molecule has 3 aromatic rings. The van der Waals surface area contributed by atoms with Crippen LogP contribution in [0.4, 0.5) is 5.69 Å². The van der Waals surface area contributed by atoms with Crippen molar-refractivity contribution in [1.29, 1.82) is 0 Å². The van der Waals surface area contributed by atoms with Gasteiger partial charge in [-0.05, 0) is 36.2 Å². The van der Waals surface area contributed by atoms with Crippen molar-refractivity contribution in [2.45, 2.75) is 13.5 Å². The minimum atomic E-state index is -0.702. The smallest absolute Gasteiger partial charge is 0.315 e. The summed E-state index contributed by atoms with van der Waals surface area (Å²) in [6, 6.07) is 13.2. The lowest BCUT2D eigenvalue weighted by atomic mass is 10.1. The standard InChI is InChI=1S/C23H22N4O6/c1-15-7-4-5-8-17(15)14-33-21-19(27(30)31)11-16(12-20(21)32-3)13-24-25-22(28)18-9-6-10-26(2)23(18)29/h4-13H,14H2,1-3H3,(H,25,28)/b24-13-. The molecule has 0 fully saturated rings. The van der Waals surface area contributed by atoms with Gasteiger partial charge in [0, 0.05) is 24.9 Å². The number of hydrazone groups is 1. The van der Waals surface area contributed by atoms with Gasteiger partial charge in [-0.3, -0.25) is 19.7 Å². The Hall–Kier alpha value is -4.47. The average Bonchev–Trinajstić information content (AvgIpc) is 2.80. The van der Waals surface area contributed by atoms with Crippen molar-refractivity contribution in [3.8, 4) is 11.5 Å². The van der Waals surface area contributed by atoms with Gasteiger partial charge in [-0.25, -0.2) is 5.43 Å². The van der Waals surface area contributed by atoms with Gasteiger partial charge in [0.2, 0.25) is 5.75 Å². The Kier molecular flexibility index (Phi) is 7.19. The van der Waals surface area contributed by atoms with Crippen LogP contribution >= 0.6 is 0 Å². The molecule has 0 atom stereocenters. The molecule has 3 rings (SSSR count). The second kappa shape index (κ2) is 10.2. The molecule has 0 bridgehead atoms. The predicted molar refractivity (Wildman–Crippen MR) is 122 cm³/mol. The lowest BCUT2D eigenvalue weighted by Gasteiger charge is -2.13. The van der Waals surface area contributed by atoms with Crippen molar-refractivity contribution in [3.05, 3.63) is 97.4 Å². The van der Waals surface area contributed by atoms with Gasteiger partial charge >= 0.3 is 5.69 Å². The van der Waals surface area contributed by atoms with E-state index in [2.05, 4.69) is 10.5 Å². The summed E-state index contributed by atoms with van der Waals surface area (Å²) in [4.78, 5) is 35.3. The fraction of sp³-hybridized carbons (Fsp3) is 0.174. The predicted octanol–water partition coefficient (Wildman–Crippen LogP) is 2.95. The number of nitro benzene ring substituents is 1. The van der Waals surface area contributed by atoms with Crippen LogP contribution in [0.3, 0.4) is 0 Å². The largest absolute Gasteiger partial charge is 0.493 e. The first kappa shape index (κ1) is 23.2. The minimum Gasteiger partial charge on any atom is -0.493 e. The topological polar surface area (TPSA) is 125 Å². The highest BCUT2D eigenvalue weighted by molar-refractivity contribution is 5.94. The van der Waals surface area contributed by atoms with E-state index in [1.165, 1.54) is 49.3 Å². The van der Waals surface area contributed by atoms with Crippen LogP contribution in [0.2, 0.25) is 0 Å². The molecule has 2 aromatic carbocycles. The fourth-order valence-corrected chi connectivity index (χ4v) is 3.03. The number of carbonyl (C=O) groups is 1. The molecule has 0 aliphatic carbocycles. The number of hydrogen-bond donors (Lipinski definition) is 1. The molecular weight excluding hydrogens is 428 g/mol. The van der Waals surface area contributed by atoms with Gasteiger partial charge in [-0.15, -0.1) is 0 Å². The summed E-state index contributed by atoms with van der Waals surface area (Å²) >= 11 is 0. The Morgan fingerprint density at radius 2 is 2.00 bits per heavy atom. The third-order valence-corrected chi connectivity index (χ3v) is 4.86. The van der Waals surface area contributed by atoms with Gasteiger partial charge in [-0.1, -0.05) is 24.3 Å². The number of ether oxygens (including phenoxy) is 2. The number of benzene rings is 2. The van der Waals surface area contributed by atoms with Crippen LogP contribution in [0.15, 0.2) is 64.6 Å². The van der Waals surface area contributed by atoms with E-state index in [1.54, 1.807) is 6.07 Å². The fourth-order valence-electron chi connectivity index (χ4n) is 3.03. The van der Waals surface area contributed by atoms with Gasteiger partial charge in [0.1, 0.15) is 12.2 Å². The van der Waals surface area contributed by atoms with Crippen molar-refractivity contribution in [3.63, 3.8) is 0 Å². The number of nitrogens with zero attached hydrogens (tertiary/aromatic N) is 3. The number of nitro groups is 1. The van der Waals surface area contributed by atoms with Gasteiger partial charge in [0.25, 0.3) is 11.5 Å². The average molecular weight is 450 g/mol. The monoisotopic (exact) mass is 450 g/mol. The molecule has 0 aliphatic heterocycles. The van der Waals surface area contributed by atoms with Crippen LogP contribution in [0, 0.1) is 17.0 Å². The van der Waals surface area contributed by atoms with Crippen LogP contribution in [0.5, 0.6) is 11.5 Å². The summed E-state index contributed by atoms with van der Waals surface area (Å²) in [5, 5.41) is 15.5. The Bertz CT molecular complexity index is 1280. The van der Waals surface area contributed by atoms with Crippen molar-refractivity contribution in [2.24, 2.45) is 12.1 Å². The normalized spacial score (nSPS) is 10.8. The second-order valence-electron chi connectivity index (χ2n) is 7.08. The molecule has 0 spiro atoms. The molecule has 1 N–H and O–H groups in total. The lowest BCUT2D eigenvalue weighted by molar-refractivity contribution is -0.386. The summed E-state index contributed by atoms with van der Waals surface area (Å²) in [6.45, 7) is 2.04. The summed E-state index contributed by atoms with van der Waals surface area (Å²) in [6.07, 6.45) is 2.74. The molecule has 0 saturated carbocycles. The van der Waals surface area contributed by atoms with Crippen molar-refractivity contribution in [1.82, 2.24) is 9.99 Å². The first-order chi connectivity index (χ1) is 15.8. The Morgan fingerprint density at radius 3 is 2.70 bits per heavy atom. The summed E-state index contributed by atoms with van der Waals surface area (Å²) in [5.41, 5.74) is 3.55. The van der Waals surface area contributed by atoms with E-state index in [1.807, 2.05) is 31.2 Å². The minimum absolute atomic E-state index is 0.0141. The molecule has 170 valence electrons. The maximum absolute atomic E-state index is 12.2. The zero-order valence-electron chi connectivity index (χ0n) is 18.3. The number of nitrogens with one attached hydrogen (secondary N) is 1. The molecular formula is C23H22N4O6.